The van der Waals surface area contributed by atoms with E-state index in [9.17, 15) is 23.3 Å². The zero-order valence-electron chi connectivity index (χ0n) is 10.9. The number of rotatable bonds is 5. The van der Waals surface area contributed by atoms with Crippen molar-refractivity contribution < 1.29 is 23.2 Å². The van der Waals surface area contributed by atoms with Gasteiger partial charge in [0.1, 0.15) is 17.6 Å². The molecule has 0 aromatic carbocycles. The van der Waals surface area contributed by atoms with Crippen molar-refractivity contribution in [2.75, 3.05) is 18.5 Å². The molecule has 1 atom stereocenters. The van der Waals surface area contributed by atoms with Crippen molar-refractivity contribution in [2.24, 2.45) is 0 Å². The molecule has 9 heteroatoms. The molecule has 1 unspecified atom stereocenters. The van der Waals surface area contributed by atoms with Crippen molar-refractivity contribution in [3.8, 4) is 0 Å². The Morgan fingerprint density at radius 3 is 2.60 bits per heavy atom. The second kappa shape index (κ2) is 6.04. The first-order chi connectivity index (χ1) is 9.12. The summed E-state index contributed by atoms with van der Waals surface area (Å²) in [7, 11) is 1.42. The molecule has 1 aromatic rings. The lowest BCUT2D eigenvalue weighted by Crippen LogP contribution is -2.23. The third kappa shape index (κ3) is 4.05. The van der Waals surface area contributed by atoms with Crippen LogP contribution in [0.1, 0.15) is 19.0 Å². The van der Waals surface area contributed by atoms with Crippen LogP contribution in [0.3, 0.4) is 0 Å². The molecule has 0 spiro atoms. The number of halogens is 3. The van der Waals surface area contributed by atoms with Gasteiger partial charge in [0.2, 0.25) is 0 Å². The van der Waals surface area contributed by atoms with Crippen LogP contribution < -0.4 is 4.90 Å². The van der Waals surface area contributed by atoms with Crippen LogP contribution in [0.25, 0.3) is 0 Å². The van der Waals surface area contributed by atoms with Crippen molar-refractivity contribution in [3.63, 3.8) is 0 Å². The van der Waals surface area contributed by atoms with Gasteiger partial charge < -0.3 is 10.0 Å². The molecular formula is C11H14F3N3O3. The molecule has 1 heterocycles. The molecule has 1 rings (SSSR count). The average Bonchev–Trinajstić information content (AvgIpc) is 2.33. The number of aliphatic hydroxyl groups is 1. The quantitative estimate of drug-likeness (QED) is 0.665. The van der Waals surface area contributed by atoms with Crippen molar-refractivity contribution in [1.29, 1.82) is 0 Å². The van der Waals surface area contributed by atoms with E-state index in [2.05, 4.69) is 4.98 Å². The van der Waals surface area contributed by atoms with Gasteiger partial charge in [0.15, 0.2) is 0 Å². The van der Waals surface area contributed by atoms with E-state index < -0.39 is 28.6 Å². The van der Waals surface area contributed by atoms with E-state index in [-0.39, 0.29) is 18.7 Å². The molecular weight excluding hydrogens is 279 g/mol. The van der Waals surface area contributed by atoms with Gasteiger partial charge in [-0.3, -0.25) is 10.1 Å². The van der Waals surface area contributed by atoms with Crippen molar-refractivity contribution >= 4 is 11.4 Å². The van der Waals surface area contributed by atoms with E-state index in [1.165, 1.54) is 18.9 Å². The topological polar surface area (TPSA) is 79.5 Å². The van der Waals surface area contributed by atoms with E-state index in [1.54, 1.807) is 0 Å². The molecule has 0 fully saturated rings. The lowest BCUT2D eigenvalue weighted by atomic mass is 10.2. The van der Waals surface area contributed by atoms with Gasteiger partial charge in [0.25, 0.3) is 0 Å². The molecule has 20 heavy (non-hydrogen) atoms. The van der Waals surface area contributed by atoms with E-state index in [0.29, 0.717) is 12.3 Å². The molecule has 0 aliphatic carbocycles. The summed E-state index contributed by atoms with van der Waals surface area (Å²) in [5.41, 5.74) is -1.88. The highest BCUT2D eigenvalue weighted by Crippen LogP contribution is 2.34. The molecule has 0 saturated carbocycles. The Hall–Kier alpha value is -1.90. The zero-order valence-corrected chi connectivity index (χ0v) is 10.9. The zero-order chi connectivity index (χ0) is 15.5. The number of aliphatic hydroxyl groups excluding tert-OH is 1. The summed E-state index contributed by atoms with van der Waals surface area (Å²) < 4.78 is 37.8. The predicted molar refractivity (Wildman–Crippen MR) is 65.5 cm³/mol. The minimum absolute atomic E-state index is 0.180. The predicted octanol–water partition coefficient (Wildman–Crippen LogP) is 2.22. The Balaban J connectivity index is 3.15. The first kappa shape index (κ1) is 16.2. The lowest BCUT2D eigenvalue weighted by Gasteiger charge is -2.20. The molecule has 6 nitrogen and oxygen atoms in total. The number of pyridine rings is 1. The summed E-state index contributed by atoms with van der Waals surface area (Å²) in [5, 5.41) is 20.0. The highest BCUT2D eigenvalue weighted by molar-refractivity contribution is 5.62. The number of hydrogen-bond acceptors (Lipinski definition) is 5. The molecule has 0 radical (unpaired) electrons. The highest BCUT2D eigenvalue weighted by Gasteiger charge is 2.34. The van der Waals surface area contributed by atoms with Crippen LogP contribution in [0.4, 0.5) is 24.5 Å². The maximum atomic E-state index is 12.6. The second-order valence-corrected chi connectivity index (χ2v) is 4.37. The molecule has 112 valence electrons. The molecule has 0 aliphatic rings. The highest BCUT2D eigenvalue weighted by atomic mass is 19.4. The van der Waals surface area contributed by atoms with Crippen molar-refractivity contribution in [1.82, 2.24) is 4.98 Å². The molecule has 1 N–H and O–H groups in total. The van der Waals surface area contributed by atoms with Gasteiger partial charge in [0.05, 0.1) is 11.0 Å². The number of aromatic nitrogens is 1. The summed E-state index contributed by atoms with van der Waals surface area (Å²) in [5.74, 6) is 0. The first-order valence-electron chi connectivity index (χ1n) is 5.73. The molecule has 0 aliphatic heterocycles. The van der Waals surface area contributed by atoms with E-state index >= 15 is 0 Å². The van der Waals surface area contributed by atoms with E-state index in [4.69, 9.17) is 5.11 Å². The smallest absolute Gasteiger partial charge is 0.393 e. The number of hydrogen-bond donors (Lipinski definition) is 1. The summed E-state index contributed by atoms with van der Waals surface area (Å²) in [6, 6.07) is 0.639. The summed E-state index contributed by atoms with van der Waals surface area (Å²) in [6.45, 7) is 1.70. The molecule has 0 amide bonds. The number of nitrogens with zero attached hydrogens (tertiary/aromatic N) is 3. The largest absolute Gasteiger partial charge is 0.433 e. The SMILES string of the molecule is CC(O)CCN(C)c1cc(C(F)(F)F)ncc1[N+](=O)[O-]. The third-order valence-electron chi connectivity index (χ3n) is 2.64. The number of anilines is 1. The minimum Gasteiger partial charge on any atom is -0.393 e. The third-order valence-corrected chi connectivity index (χ3v) is 2.64. The standard InChI is InChI=1S/C11H14F3N3O3/c1-7(18)3-4-16(2)8-5-10(11(12,13)14)15-6-9(8)17(19)20/h5-7,18H,3-4H2,1-2H3. The van der Waals surface area contributed by atoms with E-state index in [0.717, 1.165) is 0 Å². The Bertz CT molecular complexity index is 492. The summed E-state index contributed by atoms with van der Waals surface area (Å²) >= 11 is 0. The van der Waals surface area contributed by atoms with Crippen LogP contribution in [0, 0.1) is 10.1 Å². The van der Waals surface area contributed by atoms with Gasteiger partial charge in [0, 0.05) is 13.6 Å². The maximum Gasteiger partial charge on any atom is 0.433 e. The van der Waals surface area contributed by atoms with Gasteiger partial charge in [-0.05, 0) is 19.4 Å². The Morgan fingerprint density at radius 1 is 1.55 bits per heavy atom. The molecule has 0 saturated heterocycles. The van der Waals surface area contributed by atoms with Gasteiger partial charge in [-0.25, -0.2) is 4.98 Å². The fourth-order valence-electron chi connectivity index (χ4n) is 1.54. The van der Waals surface area contributed by atoms with Gasteiger partial charge >= 0.3 is 11.9 Å². The average molecular weight is 293 g/mol. The summed E-state index contributed by atoms with van der Waals surface area (Å²) in [6.07, 6.45) is -4.45. The van der Waals surface area contributed by atoms with Crippen LogP contribution in [0.15, 0.2) is 12.3 Å². The fourth-order valence-corrected chi connectivity index (χ4v) is 1.54. The minimum atomic E-state index is -4.67. The summed E-state index contributed by atoms with van der Waals surface area (Å²) in [4.78, 5) is 14.4. The van der Waals surface area contributed by atoms with Crippen molar-refractivity contribution in [2.45, 2.75) is 25.6 Å². The van der Waals surface area contributed by atoms with Crippen LogP contribution >= 0.6 is 0 Å². The molecule has 1 aromatic heterocycles. The fraction of sp³-hybridized carbons (Fsp3) is 0.545. The Labute approximate surface area is 113 Å². The molecule has 0 bridgehead atoms. The Morgan fingerprint density at radius 2 is 2.15 bits per heavy atom. The van der Waals surface area contributed by atoms with Gasteiger partial charge in [-0.2, -0.15) is 13.2 Å². The van der Waals surface area contributed by atoms with Crippen LogP contribution in [0.2, 0.25) is 0 Å². The first-order valence-corrected chi connectivity index (χ1v) is 5.73. The van der Waals surface area contributed by atoms with Gasteiger partial charge in [-0.1, -0.05) is 0 Å². The van der Waals surface area contributed by atoms with Crippen LogP contribution in [-0.4, -0.2) is 34.7 Å². The van der Waals surface area contributed by atoms with Crippen LogP contribution in [0.5, 0.6) is 0 Å². The number of alkyl halides is 3. The van der Waals surface area contributed by atoms with E-state index in [1.807, 2.05) is 0 Å². The van der Waals surface area contributed by atoms with Gasteiger partial charge in [-0.15, -0.1) is 0 Å². The normalized spacial score (nSPS) is 13.1. The second-order valence-electron chi connectivity index (χ2n) is 4.37. The van der Waals surface area contributed by atoms with Crippen molar-refractivity contribution in [3.05, 3.63) is 28.1 Å². The number of nitro groups is 1. The maximum absolute atomic E-state index is 12.6. The Kier molecular flexibility index (Phi) is 4.88. The van der Waals surface area contributed by atoms with Crippen LogP contribution in [-0.2, 0) is 6.18 Å². The lowest BCUT2D eigenvalue weighted by molar-refractivity contribution is -0.384. The monoisotopic (exact) mass is 293 g/mol.